The monoisotopic (exact) mass is 448 g/mol. The van der Waals surface area contributed by atoms with Gasteiger partial charge in [0, 0.05) is 12.5 Å². The molecule has 7 nitrogen and oxygen atoms in total. The van der Waals surface area contributed by atoms with Gasteiger partial charge in [0.05, 0.1) is 12.0 Å². The molecule has 1 unspecified atom stereocenters. The van der Waals surface area contributed by atoms with E-state index < -0.39 is 23.6 Å². The Kier molecular flexibility index (Phi) is 5.56. The van der Waals surface area contributed by atoms with Crippen molar-refractivity contribution < 1.29 is 24.2 Å². The van der Waals surface area contributed by atoms with Gasteiger partial charge in [-0.05, 0) is 54.4 Å². The van der Waals surface area contributed by atoms with E-state index in [-0.39, 0.29) is 24.9 Å². The van der Waals surface area contributed by atoms with Crippen LogP contribution in [0.25, 0.3) is 11.1 Å². The normalized spacial score (nSPS) is 20.5. The predicted molar refractivity (Wildman–Crippen MR) is 122 cm³/mol. The number of carboxylic acids is 1. The number of alkyl carbamates (subject to hydrolysis) is 1. The van der Waals surface area contributed by atoms with Crippen LogP contribution in [0.1, 0.15) is 55.6 Å². The quantitative estimate of drug-likeness (QED) is 0.699. The van der Waals surface area contributed by atoms with Crippen molar-refractivity contribution in [2.24, 2.45) is 0 Å². The van der Waals surface area contributed by atoms with Gasteiger partial charge in [-0.25, -0.2) is 9.59 Å². The standard InChI is InChI=1S/C26H28N2O5/c29-23(28-14-6-5-11-22(28)24(30)31)15-26(12-13-26)27-25(32)33-16-21-19-9-3-1-7-17(19)18-8-2-4-10-20(18)21/h1-4,7-10,21-22H,5-6,11-16H2,(H,27,32)(H,30,31). The van der Waals surface area contributed by atoms with E-state index in [1.165, 1.54) is 16.0 Å². The number of hydrogen-bond donors (Lipinski definition) is 2. The van der Waals surface area contributed by atoms with E-state index in [2.05, 4.69) is 29.6 Å². The number of amides is 2. The molecule has 2 amide bonds. The Morgan fingerprint density at radius 2 is 1.64 bits per heavy atom. The maximum Gasteiger partial charge on any atom is 0.407 e. The van der Waals surface area contributed by atoms with Crippen molar-refractivity contribution in [1.29, 1.82) is 0 Å². The molecule has 0 aromatic heterocycles. The van der Waals surface area contributed by atoms with Gasteiger partial charge in [0.25, 0.3) is 0 Å². The van der Waals surface area contributed by atoms with Crippen molar-refractivity contribution >= 4 is 18.0 Å². The van der Waals surface area contributed by atoms with E-state index in [0.717, 1.165) is 24.0 Å². The Labute approximate surface area is 192 Å². The van der Waals surface area contributed by atoms with E-state index in [4.69, 9.17) is 4.74 Å². The third kappa shape index (κ3) is 4.19. The van der Waals surface area contributed by atoms with Crippen LogP contribution in [0, 0.1) is 0 Å². The Hall–Kier alpha value is -3.35. The zero-order chi connectivity index (χ0) is 23.0. The molecule has 2 N–H and O–H groups in total. The number of rotatable bonds is 6. The van der Waals surface area contributed by atoms with Crippen molar-refractivity contribution in [3.05, 3.63) is 59.7 Å². The average molecular weight is 449 g/mol. The summed E-state index contributed by atoms with van der Waals surface area (Å²) in [6.45, 7) is 0.675. The molecule has 3 aliphatic rings. The second-order valence-electron chi connectivity index (χ2n) is 9.34. The number of nitrogens with zero attached hydrogens (tertiary/aromatic N) is 1. The van der Waals surface area contributed by atoms with Gasteiger partial charge in [-0.15, -0.1) is 0 Å². The first-order chi connectivity index (χ1) is 16.0. The molecule has 0 bridgehead atoms. The van der Waals surface area contributed by atoms with E-state index in [1.807, 2.05) is 24.3 Å². The molecule has 2 aromatic carbocycles. The maximum atomic E-state index is 12.9. The largest absolute Gasteiger partial charge is 0.480 e. The molecule has 5 rings (SSSR count). The molecule has 1 atom stereocenters. The highest BCUT2D eigenvalue weighted by Crippen LogP contribution is 2.45. The van der Waals surface area contributed by atoms with Crippen molar-refractivity contribution in [2.75, 3.05) is 13.2 Å². The van der Waals surface area contributed by atoms with Crippen molar-refractivity contribution in [3.63, 3.8) is 0 Å². The summed E-state index contributed by atoms with van der Waals surface area (Å²) in [5.74, 6) is -1.19. The molecule has 33 heavy (non-hydrogen) atoms. The third-order valence-electron chi connectivity index (χ3n) is 7.16. The number of hydrogen-bond acceptors (Lipinski definition) is 4. The SMILES string of the molecule is O=C(NC1(CC(=O)N2CCCCC2C(=O)O)CC1)OCC1c2ccccc2-c2ccccc21. The van der Waals surface area contributed by atoms with E-state index >= 15 is 0 Å². The van der Waals surface area contributed by atoms with Crippen LogP contribution in [-0.2, 0) is 14.3 Å². The van der Waals surface area contributed by atoms with Crippen molar-refractivity contribution in [3.8, 4) is 11.1 Å². The summed E-state index contributed by atoms with van der Waals surface area (Å²) in [5.41, 5.74) is 4.00. The molecular weight excluding hydrogens is 420 g/mol. The van der Waals surface area contributed by atoms with Gasteiger partial charge in [-0.1, -0.05) is 48.5 Å². The molecule has 172 valence electrons. The fourth-order valence-corrected chi connectivity index (χ4v) is 5.23. The van der Waals surface area contributed by atoms with Crippen LogP contribution < -0.4 is 5.32 Å². The molecule has 1 aliphatic heterocycles. The average Bonchev–Trinajstić information content (AvgIpc) is 3.49. The van der Waals surface area contributed by atoms with Crippen LogP contribution in [0.15, 0.2) is 48.5 Å². The zero-order valence-corrected chi connectivity index (χ0v) is 18.5. The molecule has 0 spiro atoms. The molecule has 2 aromatic rings. The number of nitrogens with one attached hydrogen (secondary N) is 1. The summed E-state index contributed by atoms with van der Waals surface area (Å²) in [4.78, 5) is 38.5. The van der Waals surface area contributed by atoms with E-state index in [1.54, 1.807) is 0 Å². The minimum atomic E-state index is -0.961. The lowest BCUT2D eigenvalue weighted by Gasteiger charge is -2.34. The maximum absolute atomic E-state index is 12.9. The number of piperidine rings is 1. The molecule has 2 aliphatic carbocycles. The summed E-state index contributed by atoms with van der Waals surface area (Å²) < 4.78 is 5.63. The number of ether oxygens (including phenoxy) is 1. The predicted octanol–water partition coefficient (Wildman–Crippen LogP) is 3.91. The fourth-order valence-electron chi connectivity index (χ4n) is 5.23. The molecule has 2 fully saturated rings. The number of benzene rings is 2. The smallest absolute Gasteiger partial charge is 0.407 e. The van der Waals surface area contributed by atoms with Gasteiger partial charge in [0.2, 0.25) is 5.91 Å². The van der Waals surface area contributed by atoms with Crippen LogP contribution in [-0.4, -0.2) is 52.7 Å². The molecule has 1 saturated carbocycles. The van der Waals surface area contributed by atoms with Gasteiger partial charge in [0.15, 0.2) is 0 Å². The second kappa shape index (κ2) is 8.54. The lowest BCUT2D eigenvalue weighted by molar-refractivity contribution is -0.152. The Bertz CT molecular complexity index is 1050. The fraction of sp³-hybridized carbons (Fsp3) is 0.423. The van der Waals surface area contributed by atoms with E-state index in [0.29, 0.717) is 25.8 Å². The number of aliphatic carboxylic acids is 1. The van der Waals surface area contributed by atoms with Crippen LogP contribution in [0.3, 0.4) is 0 Å². The van der Waals surface area contributed by atoms with Crippen molar-refractivity contribution in [1.82, 2.24) is 10.2 Å². The first kappa shape index (κ1) is 21.5. The first-order valence-electron chi connectivity index (χ1n) is 11.6. The molecule has 7 heteroatoms. The highest BCUT2D eigenvalue weighted by atomic mass is 16.5. The summed E-state index contributed by atoms with van der Waals surface area (Å²) in [7, 11) is 0. The minimum Gasteiger partial charge on any atom is -0.480 e. The highest BCUT2D eigenvalue weighted by molar-refractivity contribution is 5.85. The number of fused-ring (bicyclic) bond motifs is 3. The zero-order valence-electron chi connectivity index (χ0n) is 18.5. The Balaban J connectivity index is 1.20. The van der Waals surface area contributed by atoms with Crippen LogP contribution in [0.5, 0.6) is 0 Å². The van der Waals surface area contributed by atoms with E-state index in [9.17, 15) is 19.5 Å². The molecular formula is C26H28N2O5. The first-order valence-corrected chi connectivity index (χ1v) is 11.6. The molecule has 0 radical (unpaired) electrons. The molecule has 1 heterocycles. The number of carbonyl (C=O) groups excluding carboxylic acids is 2. The summed E-state index contributed by atoms with van der Waals surface area (Å²) in [6, 6.07) is 15.6. The Morgan fingerprint density at radius 1 is 1.00 bits per heavy atom. The Morgan fingerprint density at radius 3 is 2.24 bits per heavy atom. The number of carbonyl (C=O) groups is 3. The lowest BCUT2D eigenvalue weighted by Crippen LogP contribution is -2.50. The van der Waals surface area contributed by atoms with Gasteiger partial charge in [-0.3, -0.25) is 4.79 Å². The summed E-state index contributed by atoms with van der Waals surface area (Å²) in [6.07, 6.45) is 3.06. The third-order valence-corrected chi connectivity index (χ3v) is 7.16. The van der Waals surface area contributed by atoms with Gasteiger partial charge >= 0.3 is 12.1 Å². The van der Waals surface area contributed by atoms with Gasteiger partial charge < -0.3 is 20.1 Å². The number of likely N-dealkylation sites (tertiary alicyclic amines) is 1. The summed E-state index contributed by atoms with van der Waals surface area (Å²) >= 11 is 0. The summed E-state index contributed by atoms with van der Waals surface area (Å²) in [5, 5.41) is 12.3. The topological polar surface area (TPSA) is 95.9 Å². The van der Waals surface area contributed by atoms with Gasteiger partial charge in [-0.2, -0.15) is 0 Å². The highest BCUT2D eigenvalue weighted by Gasteiger charge is 2.48. The van der Waals surface area contributed by atoms with Crippen LogP contribution in [0.2, 0.25) is 0 Å². The van der Waals surface area contributed by atoms with Crippen molar-refractivity contribution in [2.45, 2.75) is 56.0 Å². The van der Waals surface area contributed by atoms with Crippen LogP contribution >= 0.6 is 0 Å². The minimum absolute atomic E-state index is 0.0235. The second-order valence-corrected chi connectivity index (χ2v) is 9.34. The lowest BCUT2D eigenvalue weighted by atomic mass is 9.98. The number of carboxylic acid groups (broad SMARTS) is 1. The molecule has 1 saturated heterocycles. The van der Waals surface area contributed by atoms with Gasteiger partial charge in [0.1, 0.15) is 12.6 Å². The van der Waals surface area contributed by atoms with Crippen LogP contribution in [0.4, 0.5) is 4.79 Å².